The van der Waals surface area contributed by atoms with Crippen LogP contribution in [0.25, 0.3) is 0 Å². The van der Waals surface area contributed by atoms with Gasteiger partial charge in [-0.1, -0.05) is 19.0 Å². The summed E-state index contributed by atoms with van der Waals surface area (Å²) in [5.41, 5.74) is 0.104. The molecule has 2 rings (SSSR count). The lowest BCUT2D eigenvalue weighted by Gasteiger charge is -2.10. The van der Waals surface area contributed by atoms with E-state index < -0.39 is 6.04 Å². The lowest BCUT2D eigenvalue weighted by molar-refractivity contribution is 0.0932. The molecule has 0 saturated heterocycles. The Morgan fingerprint density at radius 1 is 1.41 bits per heavy atom. The Bertz CT molecular complexity index is 718. The van der Waals surface area contributed by atoms with Gasteiger partial charge in [0.2, 0.25) is 5.89 Å². The molecular weight excluding hydrogens is 284 g/mol. The molecule has 0 aliphatic rings. The van der Waals surface area contributed by atoms with E-state index in [1.165, 1.54) is 10.6 Å². The van der Waals surface area contributed by atoms with Crippen LogP contribution in [0.2, 0.25) is 0 Å². The van der Waals surface area contributed by atoms with E-state index in [-0.39, 0.29) is 17.4 Å². The molecular formula is C15H20N4O3. The number of pyridine rings is 1. The minimum atomic E-state index is -0.430. The molecule has 2 aromatic heterocycles. The highest BCUT2D eigenvalue weighted by Gasteiger charge is 2.18. The van der Waals surface area contributed by atoms with Crippen molar-refractivity contribution in [3.05, 3.63) is 46.0 Å². The molecule has 0 spiro atoms. The molecule has 2 heterocycles. The first kappa shape index (κ1) is 15.9. The van der Waals surface area contributed by atoms with E-state index in [0.29, 0.717) is 23.8 Å². The van der Waals surface area contributed by atoms with Gasteiger partial charge in [-0.2, -0.15) is 4.98 Å². The summed E-state index contributed by atoms with van der Waals surface area (Å²) in [6.07, 6.45) is 1.60. The zero-order chi connectivity index (χ0) is 16.3. The molecule has 2 aromatic rings. The number of rotatable bonds is 5. The van der Waals surface area contributed by atoms with Gasteiger partial charge >= 0.3 is 0 Å². The minimum absolute atomic E-state index is 0.155. The zero-order valence-corrected chi connectivity index (χ0v) is 13.2. The molecule has 0 radical (unpaired) electrons. The van der Waals surface area contributed by atoms with Crippen LogP contribution in [0.15, 0.2) is 27.6 Å². The van der Waals surface area contributed by atoms with Crippen molar-refractivity contribution in [1.29, 1.82) is 0 Å². The smallest absolute Gasteiger partial charge is 0.252 e. The summed E-state index contributed by atoms with van der Waals surface area (Å²) < 4.78 is 6.66. The molecule has 118 valence electrons. The molecule has 0 fully saturated rings. The Balaban J connectivity index is 2.10. The van der Waals surface area contributed by atoms with Crippen LogP contribution in [0.3, 0.4) is 0 Å². The normalized spacial score (nSPS) is 12.4. The second-order valence-electron chi connectivity index (χ2n) is 5.38. The highest BCUT2D eigenvalue weighted by atomic mass is 16.5. The number of aryl methyl sites for hydroxylation is 1. The quantitative estimate of drug-likeness (QED) is 0.910. The Hall–Kier alpha value is -2.44. The predicted molar refractivity (Wildman–Crippen MR) is 80.6 cm³/mol. The van der Waals surface area contributed by atoms with Gasteiger partial charge in [-0.05, 0) is 19.9 Å². The van der Waals surface area contributed by atoms with Crippen molar-refractivity contribution in [1.82, 2.24) is 20.0 Å². The molecule has 1 N–H and O–H groups in total. The van der Waals surface area contributed by atoms with Crippen molar-refractivity contribution in [2.45, 2.75) is 46.2 Å². The number of carbonyl (C=O) groups is 1. The molecule has 1 amide bonds. The number of hydrogen-bond acceptors (Lipinski definition) is 5. The Morgan fingerprint density at radius 3 is 2.68 bits per heavy atom. The summed E-state index contributed by atoms with van der Waals surface area (Å²) >= 11 is 0. The zero-order valence-electron chi connectivity index (χ0n) is 13.2. The molecule has 0 aliphatic carbocycles. The third kappa shape index (κ3) is 3.41. The van der Waals surface area contributed by atoms with Crippen LogP contribution in [0.4, 0.5) is 0 Å². The average Bonchev–Trinajstić information content (AvgIpc) is 2.97. The van der Waals surface area contributed by atoms with E-state index >= 15 is 0 Å². The number of nitrogens with zero attached hydrogens (tertiary/aromatic N) is 3. The lowest BCUT2D eigenvalue weighted by Crippen LogP contribution is -2.29. The fraction of sp³-hybridized carbons (Fsp3) is 0.467. The third-order valence-electron chi connectivity index (χ3n) is 3.29. The minimum Gasteiger partial charge on any atom is -0.341 e. The van der Waals surface area contributed by atoms with Crippen LogP contribution in [0.5, 0.6) is 0 Å². The van der Waals surface area contributed by atoms with Crippen molar-refractivity contribution in [2.75, 3.05) is 0 Å². The fourth-order valence-electron chi connectivity index (χ4n) is 1.91. The predicted octanol–water partition coefficient (Wildman–Crippen LogP) is 1.87. The summed E-state index contributed by atoms with van der Waals surface area (Å²) in [4.78, 5) is 28.2. The van der Waals surface area contributed by atoms with E-state index in [1.807, 2.05) is 20.8 Å². The average molecular weight is 304 g/mol. The third-order valence-corrected chi connectivity index (χ3v) is 3.29. The standard InChI is InChI=1S/C15H20N4O3/c1-5-19-7-6-11(8-12(19)20)14(21)16-10(4)15-17-13(9(2)3)18-22-15/h6-10H,5H2,1-4H3,(H,16,21)/t10-/m1/s1. The van der Waals surface area contributed by atoms with Crippen LogP contribution < -0.4 is 10.9 Å². The monoisotopic (exact) mass is 304 g/mol. The van der Waals surface area contributed by atoms with E-state index in [2.05, 4.69) is 15.5 Å². The number of hydrogen-bond donors (Lipinski definition) is 1. The van der Waals surface area contributed by atoms with Gasteiger partial charge in [-0.25, -0.2) is 0 Å². The summed E-state index contributed by atoms with van der Waals surface area (Å²) in [7, 11) is 0. The molecule has 0 aliphatic heterocycles. The van der Waals surface area contributed by atoms with E-state index in [4.69, 9.17) is 4.52 Å². The van der Waals surface area contributed by atoms with Crippen LogP contribution in [-0.4, -0.2) is 20.6 Å². The number of nitrogens with one attached hydrogen (secondary N) is 1. The Morgan fingerprint density at radius 2 is 2.14 bits per heavy atom. The lowest BCUT2D eigenvalue weighted by atomic mass is 10.2. The highest BCUT2D eigenvalue weighted by molar-refractivity contribution is 5.94. The van der Waals surface area contributed by atoms with Gasteiger partial charge in [0, 0.05) is 30.3 Å². The Kier molecular flexibility index (Phi) is 4.75. The van der Waals surface area contributed by atoms with Gasteiger partial charge < -0.3 is 14.4 Å². The van der Waals surface area contributed by atoms with Gasteiger partial charge in [-0.15, -0.1) is 0 Å². The van der Waals surface area contributed by atoms with Crippen LogP contribution >= 0.6 is 0 Å². The first-order chi connectivity index (χ1) is 10.4. The maximum atomic E-state index is 12.2. The van der Waals surface area contributed by atoms with Crippen LogP contribution in [-0.2, 0) is 6.54 Å². The summed E-state index contributed by atoms with van der Waals surface area (Å²) in [5.74, 6) is 0.750. The topological polar surface area (TPSA) is 90.0 Å². The van der Waals surface area contributed by atoms with Crippen molar-refractivity contribution < 1.29 is 9.32 Å². The second-order valence-corrected chi connectivity index (χ2v) is 5.38. The van der Waals surface area contributed by atoms with Crippen LogP contribution in [0.1, 0.15) is 61.7 Å². The molecule has 7 nitrogen and oxygen atoms in total. The van der Waals surface area contributed by atoms with E-state index in [0.717, 1.165) is 0 Å². The van der Waals surface area contributed by atoms with E-state index in [1.54, 1.807) is 19.2 Å². The molecule has 22 heavy (non-hydrogen) atoms. The molecule has 0 bridgehead atoms. The summed E-state index contributed by atoms with van der Waals surface area (Å²) in [5, 5.41) is 6.61. The number of carbonyl (C=O) groups excluding carboxylic acids is 1. The first-order valence-electron chi connectivity index (χ1n) is 7.27. The van der Waals surface area contributed by atoms with Gasteiger partial charge in [-0.3, -0.25) is 9.59 Å². The van der Waals surface area contributed by atoms with Gasteiger partial charge in [0.15, 0.2) is 5.82 Å². The van der Waals surface area contributed by atoms with Crippen molar-refractivity contribution in [3.8, 4) is 0 Å². The number of aromatic nitrogens is 3. The van der Waals surface area contributed by atoms with Gasteiger partial charge in [0.25, 0.3) is 11.5 Å². The molecule has 1 atom stereocenters. The fourth-order valence-corrected chi connectivity index (χ4v) is 1.91. The van der Waals surface area contributed by atoms with Crippen molar-refractivity contribution in [2.24, 2.45) is 0 Å². The van der Waals surface area contributed by atoms with Gasteiger partial charge in [0.1, 0.15) is 6.04 Å². The Labute approximate surface area is 128 Å². The largest absolute Gasteiger partial charge is 0.341 e. The van der Waals surface area contributed by atoms with Crippen molar-refractivity contribution in [3.63, 3.8) is 0 Å². The van der Waals surface area contributed by atoms with Crippen molar-refractivity contribution >= 4 is 5.91 Å². The van der Waals surface area contributed by atoms with Gasteiger partial charge in [0.05, 0.1) is 0 Å². The maximum Gasteiger partial charge on any atom is 0.252 e. The SMILES string of the molecule is CCn1ccc(C(=O)N[C@H](C)c2nc(C(C)C)no2)cc1=O. The molecule has 7 heteroatoms. The molecule has 0 unspecified atom stereocenters. The van der Waals surface area contributed by atoms with E-state index in [9.17, 15) is 9.59 Å². The molecule has 0 saturated carbocycles. The summed E-state index contributed by atoms with van der Waals surface area (Å²) in [6, 6.07) is 2.50. The molecule has 0 aromatic carbocycles. The first-order valence-corrected chi connectivity index (χ1v) is 7.27. The maximum absolute atomic E-state index is 12.2. The highest BCUT2D eigenvalue weighted by Crippen LogP contribution is 2.15. The number of amides is 1. The summed E-state index contributed by atoms with van der Waals surface area (Å²) in [6.45, 7) is 8.10. The van der Waals surface area contributed by atoms with Crippen LogP contribution in [0, 0.1) is 0 Å². The second kappa shape index (κ2) is 6.55.